The van der Waals surface area contributed by atoms with Crippen molar-refractivity contribution in [2.24, 2.45) is 0 Å². The number of halogens is 1. The van der Waals surface area contributed by atoms with Crippen LogP contribution in [0.25, 0.3) is 0 Å². The van der Waals surface area contributed by atoms with Crippen molar-refractivity contribution in [3.63, 3.8) is 0 Å². The van der Waals surface area contributed by atoms with Gasteiger partial charge >= 0.3 is 0 Å². The van der Waals surface area contributed by atoms with E-state index < -0.39 is 0 Å². The Balaban J connectivity index is 0.00000225. The zero-order chi connectivity index (χ0) is 16.9. The first-order valence-electron chi connectivity index (χ1n) is 9.34. The van der Waals surface area contributed by atoms with Crippen LogP contribution in [0.2, 0.25) is 0 Å². The fourth-order valence-corrected chi connectivity index (χ4v) is 3.88. The first-order chi connectivity index (χ1) is 11.7. The molecule has 3 rings (SSSR count). The molecule has 0 aromatic carbocycles. The molecule has 0 atom stereocenters. The lowest BCUT2D eigenvalue weighted by atomic mass is 9.94. The zero-order valence-corrected chi connectivity index (χ0v) is 15.8. The van der Waals surface area contributed by atoms with Gasteiger partial charge in [0.1, 0.15) is 5.76 Å². The lowest BCUT2D eigenvalue weighted by Gasteiger charge is -2.16. The number of fused-ring (bicyclic) bond motifs is 1. The van der Waals surface area contributed by atoms with Crippen molar-refractivity contribution in [1.29, 1.82) is 0 Å². The fourth-order valence-electron chi connectivity index (χ4n) is 3.88. The third kappa shape index (κ3) is 4.85. The van der Waals surface area contributed by atoms with Gasteiger partial charge < -0.3 is 15.1 Å². The van der Waals surface area contributed by atoms with E-state index in [0.717, 1.165) is 19.4 Å². The molecule has 0 spiro atoms. The second-order valence-corrected chi connectivity index (χ2v) is 7.03. The van der Waals surface area contributed by atoms with Crippen molar-refractivity contribution in [3.8, 4) is 0 Å². The van der Waals surface area contributed by atoms with Gasteiger partial charge in [0.25, 0.3) is 5.91 Å². The van der Waals surface area contributed by atoms with Crippen molar-refractivity contribution in [2.45, 2.75) is 70.8 Å². The van der Waals surface area contributed by atoms with Gasteiger partial charge in [-0.05, 0) is 26.2 Å². The summed E-state index contributed by atoms with van der Waals surface area (Å²) in [5, 5.41) is 6.45. The lowest BCUT2D eigenvalue weighted by molar-refractivity contribution is 0.0919. The Bertz CT molecular complexity index is 604. The summed E-state index contributed by atoms with van der Waals surface area (Å²) < 4.78 is 5.68. The maximum atomic E-state index is 12.4. The largest absolute Gasteiger partial charge is 0.455 e. The quantitative estimate of drug-likeness (QED) is 0.615. The average molecular weight is 369 g/mol. The minimum Gasteiger partial charge on any atom is -0.455 e. The number of hydrogen-bond donors (Lipinski definition) is 2. The van der Waals surface area contributed by atoms with Gasteiger partial charge in [0.2, 0.25) is 0 Å². The van der Waals surface area contributed by atoms with E-state index in [9.17, 15) is 9.59 Å². The molecule has 2 N–H and O–H groups in total. The van der Waals surface area contributed by atoms with Gasteiger partial charge in [-0.2, -0.15) is 0 Å². The topological polar surface area (TPSA) is 71.3 Å². The van der Waals surface area contributed by atoms with E-state index in [4.69, 9.17) is 4.42 Å². The van der Waals surface area contributed by atoms with E-state index in [1.807, 2.05) is 6.92 Å². The van der Waals surface area contributed by atoms with E-state index in [2.05, 4.69) is 10.6 Å². The normalized spacial score (nSPS) is 18.2. The molecule has 1 heterocycles. The molecule has 0 unspecified atom stereocenters. The lowest BCUT2D eigenvalue weighted by Crippen LogP contribution is -2.36. The minimum atomic E-state index is -0.211. The van der Waals surface area contributed by atoms with Crippen LogP contribution in [0, 0.1) is 6.92 Å². The molecule has 25 heavy (non-hydrogen) atoms. The second-order valence-electron chi connectivity index (χ2n) is 7.03. The Morgan fingerprint density at radius 1 is 1.08 bits per heavy atom. The molecule has 1 aromatic heterocycles. The molecule has 1 amide bonds. The molecule has 0 saturated heterocycles. The van der Waals surface area contributed by atoms with Gasteiger partial charge in [-0.25, -0.2) is 0 Å². The van der Waals surface area contributed by atoms with Crippen molar-refractivity contribution in [3.05, 3.63) is 22.6 Å². The highest BCUT2D eigenvalue weighted by Crippen LogP contribution is 2.29. The third-order valence-electron chi connectivity index (χ3n) is 5.21. The molecule has 0 aliphatic heterocycles. The molecule has 1 fully saturated rings. The molecule has 140 valence electrons. The molecule has 0 radical (unpaired) electrons. The van der Waals surface area contributed by atoms with Crippen LogP contribution in [0.5, 0.6) is 0 Å². The highest BCUT2D eigenvalue weighted by atomic mass is 35.5. The van der Waals surface area contributed by atoms with Crippen molar-refractivity contribution >= 4 is 24.1 Å². The van der Waals surface area contributed by atoms with E-state index in [0.29, 0.717) is 41.7 Å². The van der Waals surface area contributed by atoms with Crippen LogP contribution >= 0.6 is 12.4 Å². The summed E-state index contributed by atoms with van der Waals surface area (Å²) in [6, 6.07) is 0.583. The number of carbonyl (C=O) groups excluding carboxylic acids is 2. The molecule has 1 aromatic rings. The van der Waals surface area contributed by atoms with Gasteiger partial charge in [-0.15, -0.1) is 12.4 Å². The summed E-state index contributed by atoms with van der Waals surface area (Å²) in [6.07, 6.45) is 9.88. The van der Waals surface area contributed by atoms with Crippen LogP contribution in [0.1, 0.15) is 83.6 Å². The highest BCUT2D eigenvalue weighted by molar-refractivity contribution is 6.03. The van der Waals surface area contributed by atoms with E-state index >= 15 is 0 Å². The number of amides is 1. The molecule has 0 bridgehead atoms. The molecule has 1 saturated carbocycles. The maximum Gasteiger partial charge on any atom is 0.287 e. The summed E-state index contributed by atoms with van der Waals surface area (Å²) in [6.45, 7) is 3.16. The maximum absolute atomic E-state index is 12.4. The van der Waals surface area contributed by atoms with Crippen molar-refractivity contribution in [1.82, 2.24) is 10.6 Å². The average Bonchev–Trinajstić information content (AvgIpc) is 2.74. The Morgan fingerprint density at radius 2 is 1.80 bits per heavy atom. The van der Waals surface area contributed by atoms with Crippen LogP contribution in [-0.2, 0) is 6.42 Å². The number of Topliss-reactive ketones (excluding diaryl/α,β-unsaturated/α-hetero) is 1. The highest BCUT2D eigenvalue weighted by Gasteiger charge is 2.28. The second kappa shape index (κ2) is 9.39. The molecular weight excluding hydrogens is 340 g/mol. The number of hydrogen-bond acceptors (Lipinski definition) is 4. The molecule has 6 heteroatoms. The minimum absolute atomic E-state index is 0. The van der Waals surface area contributed by atoms with Crippen LogP contribution in [-0.4, -0.2) is 30.8 Å². The van der Waals surface area contributed by atoms with Crippen LogP contribution < -0.4 is 10.6 Å². The first kappa shape index (κ1) is 20.0. The van der Waals surface area contributed by atoms with E-state index in [-0.39, 0.29) is 24.1 Å². The van der Waals surface area contributed by atoms with Gasteiger partial charge in [0, 0.05) is 37.5 Å². The summed E-state index contributed by atoms with van der Waals surface area (Å²) in [4.78, 5) is 24.4. The number of nitrogens with one attached hydrogen (secondary N) is 2. The molecule has 5 nitrogen and oxygen atoms in total. The Hall–Kier alpha value is -1.33. The molecular formula is C19H29ClN2O3. The number of aryl methyl sites for hydroxylation is 1. The Kier molecular flexibility index (Phi) is 7.51. The smallest absolute Gasteiger partial charge is 0.287 e. The summed E-state index contributed by atoms with van der Waals surface area (Å²) >= 11 is 0. The zero-order valence-electron chi connectivity index (χ0n) is 15.0. The monoisotopic (exact) mass is 368 g/mol. The van der Waals surface area contributed by atoms with E-state index in [1.165, 1.54) is 38.5 Å². The Labute approximate surface area is 155 Å². The van der Waals surface area contributed by atoms with Crippen LogP contribution in [0.15, 0.2) is 4.42 Å². The number of furan rings is 1. The van der Waals surface area contributed by atoms with Gasteiger partial charge in [-0.3, -0.25) is 9.59 Å². The van der Waals surface area contributed by atoms with Crippen LogP contribution in [0.3, 0.4) is 0 Å². The van der Waals surface area contributed by atoms with Crippen molar-refractivity contribution in [2.75, 3.05) is 13.1 Å². The predicted octanol–water partition coefficient (Wildman–Crippen LogP) is 3.57. The van der Waals surface area contributed by atoms with Gasteiger partial charge in [0.05, 0.1) is 5.56 Å². The third-order valence-corrected chi connectivity index (χ3v) is 5.21. The van der Waals surface area contributed by atoms with Crippen molar-refractivity contribution < 1.29 is 14.0 Å². The van der Waals surface area contributed by atoms with Gasteiger partial charge in [-0.1, -0.05) is 25.7 Å². The standard InChI is InChI=1S/C19H28N2O3.ClH/c1-13-17-15(22)9-6-10-16(17)24-18(13)19(23)21-12-11-20-14-7-4-2-3-5-8-14;/h14,20H,2-12H2,1H3,(H,21,23);1H. The number of ketones is 1. The number of carbonyl (C=O) groups is 2. The Morgan fingerprint density at radius 3 is 2.48 bits per heavy atom. The molecule has 2 aliphatic carbocycles. The van der Waals surface area contributed by atoms with Crippen LogP contribution in [0.4, 0.5) is 0 Å². The summed E-state index contributed by atoms with van der Waals surface area (Å²) in [5.74, 6) is 0.888. The SMILES string of the molecule is Cc1c(C(=O)NCCNC2CCCCCC2)oc2c1C(=O)CCC2.Cl. The first-order valence-corrected chi connectivity index (χ1v) is 9.34. The van der Waals surface area contributed by atoms with E-state index in [1.54, 1.807) is 0 Å². The summed E-state index contributed by atoms with van der Waals surface area (Å²) in [7, 11) is 0. The predicted molar refractivity (Wildman–Crippen MR) is 99.8 cm³/mol. The molecule has 2 aliphatic rings. The fraction of sp³-hybridized carbons (Fsp3) is 0.684. The summed E-state index contributed by atoms with van der Waals surface area (Å²) in [5.41, 5.74) is 1.34. The van der Waals surface area contributed by atoms with Gasteiger partial charge in [0.15, 0.2) is 11.5 Å². The number of rotatable bonds is 5.